The molecule has 8 nitrogen and oxygen atoms in total. The molecule has 0 atom stereocenters. The minimum atomic E-state index is 1.02. The average molecular weight is 1390 g/mol. The largest absolute Gasteiger partial charge is 0.311 e. The van der Waals surface area contributed by atoms with Crippen LogP contribution in [0.5, 0.6) is 0 Å². The first kappa shape index (κ1) is 67.6. The lowest BCUT2D eigenvalue weighted by molar-refractivity contribution is 1.18. The molecule has 520 valence electrons. The number of hydrogen-bond donors (Lipinski definition) is 0. The third-order valence-electron chi connectivity index (χ3n) is 20.8. The minimum Gasteiger partial charge on any atom is -0.311 e. The monoisotopic (exact) mass is 1390 g/mol. The predicted octanol–water partition coefficient (Wildman–Crippen LogP) is 26.6. The standard InChI is InChI=1S/C50H38N4.C50H42N4/c1-31-5-17-47-43(21-31)44-22-32(2)6-18-48(44)53(47)41-13-9-35(10-14-41)37-25-39(29-51-27-37)40-26-38(28-52-30-40)36-11-15-42(16-12-36)54-49-19-7-33(3)23-45(49)46-24-34(4)8-20-50(46)54;1-35-5-17-45(18-6-35)53(46-19-7-36(2)8-20-46)49-25-13-39(14-26-49)41-29-43(33-51-31-41)44-30-42(32-52-34-44)40-15-27-50(28-16-40)54(47-21-9-37(3)10-22-47)48-23-11-38(4)12-24-48/h5-30H,1-4H3;5-34H,1-4H3. The third-order valence-corrected chi connectivity index (χ3v) is 20.8. The van der Waals surface area contributed by atoms with Crippen LogP contribution in [-0.2, 0) is 0 Å². The molecule has 0 aliphatic rings. The zero-order valence-electron chi connectivity index (χ0n) is 61.9. The molecule has 8 heteroatoms. The normalized spacial score (nSPS) is 11.3. The maximum absolute atomic E-state index is 4.68. The molecule has 0 aliphatic carbocycles. The van der Waals surface area contributed by atoms with E-state index in [9.17, 15) is 0 Å². The highest BCUT2D eigenvalue weighted by Gasteiger charge is 2.19. The fourth-order valence-electron chi connectivity index (χ4n) is 15.0. The highest BCUT2D eigenvalue weighted by Crippen LogP contribution is 2.42. The number of benzene rings is 12. The Morgan fingerprint density at radius 1 is 0.176 bits per heavy atom. The third kappa shape index (κ3) is 13.6. The zero-order valence-corrected chi connectivity index (χ0v) is 61.9. The second-order valence-electron chi connectivity index (χ2n) is 28.8. The van der Waals surface area contributed by atoms with E-state index in [0.29, 0.717) is 0 Å². The minimum absolute atomic E-state index is 1.02. The molecule has 18 rings (SSSR count). The summed E-state index contributed by atoms with van der Waals surface area (Å²) in [4.78, 5) is 23.3. The Labute approximate surface area is 631 Å². The summed E-state index contributed by atoms with van der Waals surface area (Å²) < 4.78 is 4.74. The molecule has 0 radical (unpaired) electrons. The van der Waals surface area contributed by atoms with E-state index in [4.69, 9.17) is 0 Å². The molecule has 0 saturated heterocycles. The van der Waals surface area contributed by atoms with Crippen molar-refractivity contribution >= 4 is 77.7 Å². The van der Waals surface area contributed by atoms with Crippen LogP contribution in [0.2, 0.25) is 0 Å². The van der Waals surface area contributed by atoms with Crippen molar-refractivity contribution in [3.05, 3.63) is 385 Å². The van der Waals surface area contributed by atoms with Crippen molar-refractivity contribution in [2.24, 2.45) is 0 Å². The molecule has 0 spiro atoms. The van der Waals surface area contributed by atoms with E-state index in [0.717, 1.165) is 112 Å². The van der Waals surface area contributed by atoms with Gasteiger partial charge >= 0.3 is 0 Å². The Balaban J connectivity index is 0.000000158. The van der Waals surface area contributed by atoms with Crippen LogP contribution in [0.4, 0.5) is 34.1 Å². The molecule has 0 unspecified atom stereocenters. The summed E-state index contributed by atoms with van der Waals surface area (Å²) in [6.45, 7) is 17.1. The fraction of sp³-hybridized carbons (Fsp3) is 0.0800. The van der Waals surface area contributed by atoms with Crippen molar-refractivity contribution in [1.82, 2.24) is 29.1 Å². The first-order valence-electron chi connectivity index (χ1n) is 36.9. The molecular formula is C100H80N8. The van der Waals surface area contributed by atoms with Crippen molar-refractivity contribution in [3.8, 4) is 78.1 Å². The van der Waals surface area contributed by atoms with Gasteiger partial charge in [0.05, 0.1) is 22.1 Å². The average Bonchev–Trinajstić information content (AvgIpc) is 1.59. The number of nitrogens with zero attached hydrogens (tertiary/aromatic N) is 8. The second-order valence-corrected chi connectivity index (χ2v) is 28.8. The van der Waals surface area contributed by atoms with Crippen LogP contribution in [-0.4, -0.2) is 29.1 Å². The topological polar surface area (TPSA) is 67.9 Å². The van der Waals surface area contributed by atoms with E-state index in [1.54, 1.807) is 0 Å². The summed E-state index contributed by atoms with van der Waals surface area (Å²) in [5.41, 5.74) is 36.7. The highest BCUT2D eigenvalue weighted by atomic mass is 15.1. The smallest absolute Gasteiger partial charge is 0.0541 e. The van der Waals surface area contributed by atoms with Crippen molar-refractivity contribution in [3.63, 3.8) is 0 Å². The van der Waals surface area contributed by atoms with Gasteiger partial charge in [0.25, 0.3) is 0 Å². The molecule has 6 aromatic heterocycles. The van der Waals surface area contributed by atoms with Crippen LogP contribution >= 0.6 is 0 Å². The molecule has 6 heterocycles. The van der Waals surface area contributed by atoms with E-state index >= 15 is 0 Å². The van der Waals surface area contributed by atoms with Crippen LogP contribution in [0.25, 0.3) is 122 Å². The SMILES string of the molecule is Cc1ccc(N(c2ccc(C)cc2)c2ccc(-c3cncc(-c4cncc(-c5ccc(N(c6ccc(C)cc6)c6ccc(C)cc6)cc5)c4)c3)cc2)cc1.Cc1ccc2c(c1)c1cc(C)ccc1n2-c1ccc(-c2cncc(-c3cncc(-c4ccc(-n5c6ccc(C)cc6c6cc(C)ccc65)cc4)c3)c2)cc1. The van der Waals surface area contributed by atoms with E-state index < -0.39 is 0 Å². The summed E-state index contributed by atoms with van der Waals surface area (Å²) in [5.74, 6) is 0. The maximum Gasteiger partial charge on any atom is 0.0541 e. The van der Waals surface area contributed by atoms with Gasteiger partial charge in [0.1, 0.15) is 0 Å². The molecule has 0 fully saturated rings. The van der Waals surface area contributed by atoms with Gasteiger partial charge in [0, 0.05) is 161 Å². The Morgan fingerprint density at radius 3 is 0.565 bits per heavy atom. The highest BCUT2D eigenvalue weighted by molar-refractivity contribution is 6.11. The van der Waals surface area contributed by atoms with E-state index in [-0.39, 0.29) is 0 Å². The number of aromatic nitrogens is 6. The molecular weight excluding hydrogens is 1310 g/mol. The van der Waals surface area contributed by atoms with Gasteiger partial charge in [-0.3, -0.25) is 19.9 Å². The molecule has 0 amide bonds. The maximum atomic E-state index is 4.68. The number of anilines is 6. The lowest BCUT2D eigenvalue weighted by atomic mass is 10.00. The molecule has 12 aromatic carbocycles. The molecule has 18 aromatic rings. The number of hydrogen-bond acceptors (Lipinski definition) is 6. The van der Waals surface area contributed by atoms with Crippen LogP contribution in [0.1, 0.15) is 44.5 Å². The van der Waals surface area contributed by atoms with Gasteiger partial charge in [-0.1, -0.05) is 166 Å². The van der Waals surface area contributed by atoms with Gasteiger partial charge in [0.2, 0.25) is 0 Å². The Kier molecular flexibility index (Phi) is 18.0. The van der Waals surface area contributed by atoms with Crippen LogP contribution in [0.15, 0.2) is 341 Å². The van der Waals surface area contributed by atoms with Crippen molar-refractivity contribution < 1.29 is 0 Å². The number of pyridine rings is 4. The molecule has 0 bridgehead atoms. The summed E-state index contributed by atoms with van der Waals surface area (Å²) in [5, 5.41) is 5.15. The number of aryl methyl sites for hydroxylation is 8. The van der Waals surface area contributed by atoms with Gasteiger partial charge in [0.15, 0.2) is 0 Å². The van der Waals surface area contributed by atoms with Crippen molar-refractivity contribution in [2.45, 2.75) is 55.4 Å². The van der Waals surface area contributed by atoms with Crippen LogP contribution < -0.4 is 9.80 Å². The van der Waals surface area contributed by atoms with Crippen LogP contribution in [0, 0.1) is 55.4 Å². The molecule has 108 heavy (non-hydrogen) atoms. The summed E-state index contributed by atoms with van der Waals surface area (Å²) in [7, 11) is 0. The van der Waals surface area contributed by atoms with Gasteiger partial charge in [-0.2, -0.15) is 0 Å². The first-order valence-corrected chi connectivity index (χ1v) is 36.9. The summed E-state index contributed by atoms with van der Waals surface area (Å²) >= 11 is 0. The molecule has 0 N–H and O–H groups in total. The van der Waals surface area contributed by atoms with Crippen molar-refractivity contribution in [1.29, 1.82) is 0 Å². The number of rotatable bonds is 14. The molecule has 0 saturated carbocycles. The lowest BCUT2D eigenvalue weighted by Gasteiger charge is -2.26. The predicted molar refractivity (Wildman–Crippen MR) is 453 cm³/mol. The molecule has 0 aliphatic heterocycles. The van der Waals surface area contributed by atoms with Gasteiger partial charge in [-0.05, 0) is 248 Å². The van der Waals surface area contributed by atoms with E-state index in [1.165, 1.54) is 88.1 Å². The lowest BCUT2D eigenvalue weighted by Crippen LogP contribution is -2.09. The Morgan fingerprint density at radius 2 is 0.352 bits per heavy atom. The van der Waals surface area contributed by atoms with Crippen molar-refractivity contribution in [2.75, 3.05) is 9.80 Å². The van der Waals surface area contributed by atoms with E-state index in [2.05, 4.69) is 385 Å². The van der Waals surface area contributed by atoms with E-state index in [1.807, 2.05) is 49.6 Å². The summed E-state index contributed by atoms with van der Waals surface area (Å²) in [6, 6.07) is 106. The van der Waals surface area contributed by atoms with Gasteiger partial charge < -0.3 is 18.9 Å². The quantitative estimate of drug-likeness (QED) is 0.108. The van der Waals surface area contributed by atoms with Crippen LogP contribution in [0.3, 0.4) is 0 Å². The van der Waals surface area contributed by atoms with Gasteiger partial charge in [-0.25, -0.2) is 0 Å². The Bertz CT molecular complexity index is 5730. The Hall–Kier alpha value is -13.6. The first-order chi connectivity index (χ1) is 52.7. The van der Waals surface area contributed by atoms with Gasteiger partial charge in [-0.15, -0.1) is 0 Å². The number of fused-ring (bicyclic) bond motifs is 6. The fourth-order valence-corrected chi connectivity index (χ4v) is 15.0. The second kappa shape index (κ2) is 28.8. The summed E-state index contributed by atoms with van der Waals surface area (Å²) in [6.07, 6.45) is 15.4. The zero-order chi connectivity index (χ0) is 73.5.